The predicted octanol–water partition coefficient (Wildman–Crippen LogP) is 2.67. The standard InChI is InChI=1S/C20H16ClN5O4S/c1-25-17-15(19(28)26(2)20(25)29)18(24-16(23-17)13-7-4-8-30-13)31-10-14(27)22-12-6-3-5-11(21)9-12/h3-9H,10H2,1-2H3,(H,22,27). The third kappa shape index (κ3) is 4.12. The summed E-state index contributed by atoms with van der Waals surface area (Å²) in [6.07, 6.45) is 1.47. The molecule has 0 aliphatic rings. The minimum absolute atomic E-state index is 0.0256. The number of rotatable bonds is 5. The number of amides is 1. The van der Waals surface area contributed by atoms with Crippen LogP contribution in [-0.4, -0.2) is 30.8 Å². The fourth-order valence-corrected chi connectivity index (χ4v) is 3.95. The molecule has 11 heteroatoms. The fourth-order valence-electron chi connectivity index (χ4n) is 2.95. The molecule has 0 bridgehead atoms. The van der Waals surface area contributed by atoms with E-state index in [1.54, 1.807) is 36.4 Å². The molecule has 0 aliphatic carbocycles. The molecular formula is C20H16ClN5O4S. The van der Waals surface area contributed by atoms with Crippen molar-refractivity contribution in [1.82, 2.24) is 19.1 Å². The van der Waals surface area contributed by atoms with E-state index in [1.807, 2.05) is 0 Å². The molecule has 0 unspecified atom stereocenters. The van der Waals surface area contributed by atoms with Crippen molar-refractivity contribution in [2.75, 3.05) is 11.1 Å². The number of benzene rings is 1. The van der Waals surface area contributed by atoms with E-state index in [1.165, 1.54) is 24.9 Å². The Morgan fingerprint density at radius 3 is 2.68 bits per heavy atom. The zero-order valence-electron chi connectivity index (χ0n) is 16.5. The van der Waals surface area contributed by atoms with Crippen LogP contribution in [0.15, 0.2) is 61.7 Å². The Bertz CT molecular complexity index is 1410. The van der Waals surface area contributed by atoms with E-state index in [2.05, 4.69) is 15.3 Å². The Hall–Kier alpha value is -3.37. The van der Waals surface area contributed by atoms with Gasteiger partial charge < -0.3 is 9.73 Å². The SMILES string of the molecule is Cn1c(=O)c2c(SCC(=O)Nc3cccc(Cl)c3)nc(-c3ccco3)nc2n(C)c1=O. The van der Waals surface area contributed by atoms with E-state index in [9.17, 15) is 14.4 Å². The topological polar surface area (TPSA) is 112 Å². The van der Waals surface area contributed by atoms with Crippen LogP contribution in [0.2, 0.25) is 5.02 Å². The van der Waals surface area contributed by atoms with Crippen LogP contribution in [0, 0.1) is 0 Å². The highest BCUT2D eigenvalue weighted by Gasteiger charge is 2.20. The Labute approximate surface area is 184 Å². The van der Waals surface area contributed by atoms with Crippen LogP contribution in [0.4, 0.5) is 5.69 Å². The van der Waals surface area contributed by atoms with Gasteiger partial charge in [0.15, 0.2) is 17.2 Å². The van der Waals surface area contributed by atoms with Gasteiger partial charge in [-0.25, -0.2) is 14.8 Å². The average Bonchev–Trinajstić information content (AvgIpc) is 3.29. The zero-order valence-corrected chi connectivity index (χ0v) is 18.0. The van der Waals surface area contributed by atoms with E-state index < -0.39 is 11.2 Å². The lowest BCUT2D eigenvalue weighted by Gasteiger charge is -2.11. The second kappa shape index (κ2) is 8.40. The smallest absolute Gasteiger partial charge is 0.332 e. The van der Waals surface area contributed by atoms with Gasteiger partial charge in [-0.15, -0.1) is 0 Å². The van der Waals surface area contributed by atoms with E-state index in [0.29, 0.717) is 16.5 Å². The van der Waals surface area contributed by atoms with Gasteiger partial charge in [0.05, 0.1) is 12.0 Å². The molecule has 0 saturated carbocycles. The van der Waals surface area contributed by atoms with Crippen molar-refractivity contribution in [2.45, 2.75) is 5.03 Å². The molecule has 0 fully saturated rings. The Kier molecular flexibility index (Phi) is 5.66. The zero-order chi connectivity index (χ0) is 22.1. The quantitative estimate of drug-likeness (QED) is 0.362. The first-order valence-corrected chi connectivity index (χ1v) is 10.4. The summed E-state index contributed by atoms with van der Waals surface area (Å²) < 4.78 is 7.61. The number of furan rings is 1. The molecular weight excluding hydrogens is 442 g/mol. The van der Waals surface area contributed by atoms with Gasteiger partial charge in [0.2, 0.25) is 5.91 Å². The number of nitrogens with zero attached hydrogens (tertiary/aromatic N) is 4. The van der Waals surface area contributed by atoms with Gasteiger partial charge in [-0.2, -0.15) is 0 Å². The summed E-state index contributed by atoms with van der Waals surface area (Å²) in [5.74, 6) is 0.251. The van der Waals surface area contributed by atoms with E-state index >= 15 is 0 Å². The molecule has 4 aromatic rings. The summed E-state index contributed by atoms with van der Waals surface area (Å²) >= 11 is 7.01. The predicted molar refractivity (Wildman–Crippen MR) is 119 cm³/mol. The van der Waals surface area contributed by atoms with Crippen LogP contribution < -0.4 is 16.6 Å². The molecule has 0 saturated heterocycles. The molecule has 3 aromatic heterocycles. The van der Waals surface area contributed by atoms with Crippen LogP contribution in [0.3, 0.4) is 0 Å². The number of hydrogen-bond acceptors (Lipinski definition) is 7. The van der Waals surface area contributed by atoms with Crippen molar-refractivity contribution < 1.29 is 9.21 Å². The molecule has 1 amide bonds. The van der Waals surface area contributed by atoms with Crippen molar-refractivity contribution >= 4 is 46.0 Å². The van der Waals surface area contributed by atoms with Gasteiger partial charge >= 0.3 is 5.69 Å². The van der Waals surface area contributed by atoms with E-state index in [4.69, 9.17) is 16.0 Å². The van der Waals surface area contributed by atoms with Crippen molar-refractivity contribution in [3.05, 3.63) is 68.5 Å². The highest BCUT2D eigenvalue weighted by molar-refractivity contribution is 8.00. The average molecular weight is 458 g/mol. The van der Waals surface area contributed by atoms with Crippen LogP contribution in [0.5, 0.6) is 0 Å². The lowest BCUT2D eigenvalue weighted by molar-refractivity contribution is -0.113. The van der Waals surface area contributed by atoms with Crippen molar-refractivity contribution in [3.8, 4) is 11.6 Å². The van der Waals surface area contributed by atoms with Crippen LogP contribution in [0.1, 0.15) is 0 Å². The van der Waals surface area contributed by atoms with E-state index in [0.717, 1.165) is 16.3 Å². The first kappa shape index (κ1) is 20.9. The lowest BCUT2D eigenvalue weighted by Crippen LogP contribution is -2.37. The Balaban J connectivity index is 1.74. The number of nitrogens with one attached hydrogen (secondary N) is 1. The number of thioether (sulfide) groups is 1. The van der Waals surface area contributed by atoms with Gasteiger partial charge in [0, 0.05) is 24.8 Å². The molecule has 31 heavy (non-hydrogen) atoms. The molecule has 4 rings (SSSR count). The number of hydrogen-bond donors (Lipinski definition) is 1. The maximum Gasteiger partial charge on any atom is 0.332 e. The van der Waals surface area contributed by atoms with Crippen molar-refractivity contribution in [1.29, 1.82) is 0 Å². The van der Waals surface area contributed by atoms with Gasteiger partial charge in [-0.1, -0.05) is 29.4 Å². The molecule has 0 spiro atoms. The Morgan fingerprint density at radius 1 is 1.16 bits per heavy atom. The number of aromatic nitrogens is 4. The van der Waals surface area contributed by atoms with Gasteiger partial charge in [-0.3, -0.25) is 18.7 Å². The third-order valence-electron chi connectivity index (χ3n) is 4.46. The molecule has 0 aliphatic heterocycles. The Morgan fingerprint density at radius 2 is 1.97 bits per heavy atom. The molecule has 0 atom stereocenters. The molecule has 3 heterocycles. The molecule has 0 radical (unpaired) electrons. The highest BCUT2D eigenvalue weighted by atomic mass is 35.5. The summed E-state index contributed by atoms with van der Waals surface area (Å²) in [7, 11) is 2.90. The molecule has 158 valence electrons. The van der Waals surface area contributed by atoms with Crippen LogP contribution in [-0.2, 0) is 18.9 Å². The minimum atomic E-state index is -0.540. The maximum atomic E-state index is 12.8. The summed E-state index contributed by atoms with van der Waals surface area (Å²) in [4.78, 5) is 46.4. The third-order valence-corrected chi connectivity index (χ3v) is 5.67. The number of anilines is 1. The van der Waals surface area contributed by atoms with Gasteiger partial charge in [0.1, 0.15) is 10.4 Å². The largest absolute Gasteiger partial charge is 0.461 e. The molecule has 9 nitrogen and oxygen atoms in total. The van der Waals surface area contributed by atoms with E-state index in [-0.39, 0.29) is 33.5 Å². The molecule has 1 aromatic carbocycles. The van der Waals surface area contributed by atoms with Gasteiger partial charge in [-0.05, 0) is 30.3 Å². The normalized spacial score (nSPS) is 11.1. The first-order chi connectivity index (χ1) is 14.8. The second-order valence-corrected chi connectivity index (χ2v) is 7.98. The van der Waals surface area contributed by atoms with Crippen molar-refractivity contribution in [2.24, 2.45) is 14.1 Å². The number of carbonyl (C=O) groups is 1. The van der Waals surface area contributed by atoms with Crippen LogP contribution in [0.25, 0.3) is 22.6 Å². The van der Waals surface area contributed by atoms with Crippen LogP contribution >= 0.6 is 23.4 Å². The second-order valence-electron chi connectivity index (χ2n) is 6.58. The minimum Gasteiger partial charge on any atom is -0.461 e. The fraction of sp³-hybridized carbons (Fsp3) is 0.150. The highest BCUT2D eigenvalue weighted by Crippen LogP contribution is 2.26. The van der Waals surface area contributed by atoms with Gasteiger partial charge in [0.25, 0.3) is 5.56 Å². The number of halogens is 1. The monoisotopic (exact) mass is 457 g/mol. The maximum absolute atomic E-state index is 12.8. The lowest BCUT2D eigenvalue weighted by atomic mass is 10.3. The number of fused-ring (bicyclic) bond motifs is 1. The van der Waals surface area contributed by atoms with Crippen molar-refractivity contribution in [3.63, 3.8) is 0 Å². The number of carbonyl (C=O) groups excluding carboxylic acids is 1. The summed E-state index contributed by atoms with van der Waals surface area (Å²) in [6, 6.07) is 10.1. The molecule has 1 N–H and O–H groups in total. The summed E-state index contributed by atoms with van der Waals surface area (Å²) in [5, 5.41) is 3.67. The number of aryl methyl sites for hydroxylation is 1. The summed E-state index contributed by atoms with van der Waals surface area (Å²) in [6.45, 7) is 0. The first-order valence-electron chi connectivity index (χ1n) is 9.05. The summed E-state index contributed by atoms with van der Waals surface area (Å²) in [5.41, 5.74) is -0.342.